The molecular formula is C61H70F9N15O. The maximum atomic E-state index is 13.3. The van der Waals surface area contributed by atoms with Gasteiger partial charge < -0.3 is 32.0 Å². The van der Waals surface area contributed by atoms with Crippen LogP contribution in [0, 0.1) is 54.6 Å². The van der Waals surface area contributed by atoms with E-state index < -0.39 is 52.7 Å². The molecule has 25 heteroatoms. The molecule has 7 N–H and O–H groups in total. The molecular weight excluding hydrogens is 1130 g/mol. The van der Waals surface area contributed by atoms with Gasteiger partial charge in [0.1, 0.15) is 17.5 Å². The first kappa shape index (κ1) is 60.4. The fourth-order valence-electron chi connectivity index (χ4n) is 14.8. The van der Waals surface area contributed by atoms with Gasteiger partial charge in [-0.15, -0.1) is 0 Å². The Balaban J connectivity index is 0.000000135. The maximum Gasteiger partial charge on any atom is 0.419 e. The third-order valence-corrected chi connectivity index (χ3v) is 19.1. The Hall–Kier alpha value is -7.25. The molecule has 13 rings (SSSR count). The Morgan fingerprint density at radius 3 is 1.07 bits per heavy atom. The van der Waals surface area contributed by atoms with Crippen LogP contribution in [0.5, 0.6) is 0 Å². The fourth-order valence-corrected chi connectivity index (χ4v) is 14.8. The van der Waals surface area contributed by atoms with Crippen molar-refractivity contribution in [2.24, 2.45) is 41.4 Å². The number of nitrogen functional groups attached to an aromatic ring is 3. The number of aliphatic hydroxyl groups is 1. The normalized spacial score (nSPS) is 28.1. The summed E-state index contributed by atoms with van der Waals surface area (Å²) >= 11 is 0. The second kappa shape index (κ2) is 22.5. The molecule has 13 atom stereocenters. The van der Waals surface area contributed by atoms with Gasteiger partial charge >= 0.3 is 18.5 Å². The lowest BCUT2D eigenvalue weighted by Gasteiger charge is -2.26. The molecule has 6 aromatic heterocycles. The number of nitrogens with two attached hydrogens (primary N) is 3. The maximum absolute atomic E-state index is 13.3. The number of rotatable bonds is 11. The molecule has 16 nitrogen and oxygen atoms in total. The second-order valence-corrected chi connectivity index (χ2v) is 25.5. The third-order valence-electron chi connectivity index (χ3n) is 19.1. The van der Waals surface area contributed by atoms with Crippen molar-refractivity contribution in [3.8, 4) is 33.8 Å². The van der Waals surface area contributed by atoms with Crippen LogP contribution in [0.25, 0.3) is 43.5 Å². The van der Waals surface area contributed by atoms with Crippen molar-refractivity contribution in [2.45, 2.75) is 159 Å². The van der Waals surface area contributed by atoms with Gasteiger partial charge in [0.2, 0.25) is 12.1 Å². The van der Waals surface area contributed by atoms with Gasteiger partial charge in [0.25, 0.3) is 0 Å². The minimum atomic E-state index is -4.56. The molecule has 7 heterocycles. The SMILES string of the molecule is CC(C)n1nc(-c2cnc(N)c(C(F)(F)F)c2)cc1C1[C@H]2CC(N3CC[C@@H](CO)C3)C[C@@H]12.[C-]#[N+]C1C[C@@H]2C(c3cc(-c4cnc(N)c(C(F)(F)F)c4)nn3C(C)C)[C@@H]2C1.[C-]#[N+]C1C[C@@H]2C(c3cc(-c4cnc(N)c(C(F)(F)F)c4)nn3C(C)C)[C@@H]2C1. The van der Waals surface area contributed by atoms with E-state index in [1.165, 1.54) is 18.6 Å². The van der Waals surface area contributed by atoms with Gasteiger partial charge in [-0.25, -0.2) is 28.1 Å². The Labute approximate surface area is 492 Å². The van der Waals surface area contributed by atoms with Crippen LogP contribution in [0.2, 0.25) is 0 Å². The van der Waals surface area contributed by atoms with E-state index in [2.05, 4.69) is 44.8 Å². The third kappa shape index (κ3) is 11.6. The molecule has 0 radical (unpaired) electrons. The molecule has 0 amide bonds. The average Bonchev–Trinajstić information content (AvgIpc) is 1.58. The average molecular weight is 1200 g/mol. The zero-order valence-corrected chi connectivity index (χ0v) is 48.5. The van der Waals surface area contributed by atoms with E-state index in [-0.39, 0.29) is 36.8 Å². The lowest BCUT2D eigenvalue weighted by Crippen LogP contribution is -2.33. The number of likely N-dealkylation sites (tertiary alicyclic amines) is 1. The Kier molecular flexibility index (Phi) is 15.8. The highest BCUT2D eigenvalue weighted by Crippen LogP contribution is 2.66. The predicted octanol–water partition coefficient (Wildman–Crippen LogP) is 13.0. The van der Waals surface area contributed by atoms with Crippen LogP contribution in [0.1, 0.15) is 156 Å². The number of hydrogen-bond donors (Lipinski definition) is 4. The van der Waals surface area contributed by atoms with Crippen LogP contribution in [0.15, 0.2) is 55.0 Å². The molecule has 6 aliphatic carbocycles. The molecule has 1 saturated heterocycles. The quantitative estimate of drug-likeness (QED) is 0.0710. The number of fused-ring (bicyclic) bond motifs is 3. The van der Waals surface area contributed by atoms with Crippen molar-refractivity contribution < 1.29 is 44.6 Å². The number of alkyl halides is 9. The first-order chi connectivity index (χ1) is 40.6. The van der Waals surface area contributed by atoms with Crippen molar-refractivity contribution in [3.05, 3.63) is 112 Å². The predicted molar refractivity (Wildman–Crippen MR) is 304 cm³/mol. The molecule has 0 spiro atoms. The van der Waals surface area contributed by atoms with E-state index in [9.17, 15) is 44.6 Å². The molecule has 6 unspecified atom stereocenters. The first-order valence-corrected chi connectivity index (χ1v) is 29.4. The number of halogens is 9. The molecule has 0 bridgehead atoms. The molecule has 0 aromatic carbocycles. The molecule has 86 heavy (non-hydrogen) atoms. The molecule has 7 fully saturated rings. The van der Waals surface area contributed by atoms with Crippen molar-refractivity contribution in [3.63, 3.8) is 0 Å². The second-order valence-electron chi connectivity index (χ2n) is 25.5. The van der Waals surface area contributed by atoms with Gasteiger partial charge in [0.05, 0.1) is 33.8 Å². The molecule has 6 saturated carbocycles. The summed E-state index contributed by atoms with van der Waals surface area (Å²) in [5, 5.41) is 23.2. The standard InChI is InChI=1S/C23H30F3N5O.2C19H20F3N5/c1-12(2)31-20(8-19(29-31)14-5-18(23(24,25)26)22(27)28-9-14)21-16-6-15(7-17(16)21)30-4-3-13(10-30)11-32;2*1-9(2)27-16(17-12-5-11(24-3)6-13(12)17)7-15(26-27)10-4-14(19(20,21)22)18(23)25-8-10/h5,8-9,12-13,15-17,21,32H,3-4,6-7,10-11H2,1-2H3,(H2,27,28);2*4,7-9,11-13,17H,5-6H2,1-2H3,(H2,23,25)/t13-,15?,16-,17+,21?;2*11?,12-,13+,17?/m1../s1. The number of nitrogens with zero attached hydrogens (tertiary/aromatic N) is 12. The topological polar surface area (TPSA) is 202 Å². The molecule has 6 aromatic rings. The highest BCUT2D eigenvalue weighted by Gasteiger charge is 2.62. The smallest absolute Gasteiger partial charge is 0.396 e. The molecule has 458 valence electrons. The summed E-state index contributed by atoms with van der Waals surface area (Å²) in [5.41, 5.74) is 19.1. The number of hydrogen-bond acceptors (Lipinski definition) is 11. The summed E-state index contributed by atoms with van der Waals surface area (Å²) in [7, 11) is 0. The zero-order chi connectivity index (χ0) is 61.8. The number of aliphatic hydroxyl groups excluding tert-OH is 1. The van der Waals surface area contributed by atoms with Gasteiger partial charge in [-0.05, 0) is 145 Å². The molecule has 1 aliphatic heterocycles. The van der Waals surface area contributed by atoms with E-state index in [0.717, 1.165) is 93.3 Å². The van der Waals surface area contributed by atoms with E-state index in [1.54, 1.807) is 0 Å². The Morgan fingerprint density at radius 1 is 0.512 bits per heavy atom. The van der Waals surface area contributed by atoms with Crippen molar-refractivity contribution in [1.29, 1.82) is 0 Å². The van der Waals surface area contributed by atoms with E-state index in [0.29, 0.717) is 99.0 Å². The summed E-state index contributed by atoms with van der Waals surface area (Å²) in [6.45, 7) is 28.8. The first-order valence-electron chi connectivity index (χ1n) is 29.4. The lowest BCUT2D eigenvalue weighted by atomic mass is 10.0. The van der Waals surface area contributed by atoms with Crippen molar-refractivity contribution in [1.82, 2.24) is 49.2 Å². The summed E-state index contributed by atoms with van der Waals surface area (Å²) in [6.07, 6.45) is -2.64. The van der Waals surface area contributed by atoms with Crippen LogP contribution in [-0.2, 0) is 18.5 Å². The Morgan fingerprint density at radius 2 is 0.814 bits per heavy atom. The van der Waals surface area contributed by atoms with Crippen LogP contribution >= 0.6 is 0 Å². The largest absolute Gasteiger partial charge is 0.419 e. The number of aromatic nitrogens is 9. The van der Waals surface area contributed by atoms with E-state index in [1.807, 2.05) is 73.8 Å². The zero-order valence-electron chi connectivity index (χ0n) is 48.5. The minimum Gasteiger partial charge on any atom is -0.396 e. The highest BCUT2D eigenvalue weighted by molar-refractivity contribution is 5.65. The van der Waals surface area contributed by atoms with Crippen LogP contribution in [0.4, 0.5) is 57.0 Å². The van der Waals surface area contributed by atoms with E-state index in [4.69, 9.17) is 30.3 Å². The summed E-state index contributed by atoms with van der Waals surface area (Å²) in [6, 6.07) is 9.90. The summed E-state index contributed by atoms with van der Waals surface area (Å²) < 4.78 is 125. The number of anilines is 3. The van der Waals surface area contributed by atoms with Gasteiger partial charge in [-0.1, -0.05) is 0 Å². The van der Waals surface area contributed by atoms with Crippen LogP contribution in [0.3, 0.4) is 0 Å². The van der Waals surface area contributed by atoms with Gasteiger partial charge in [-0.2, -0.15) is 54.8 Å². The van der Waals surface area contributed by atoms with Crippen LogP contribution in [-0.4, -0.2) is 92.1 Å². The minimum absolute atomic E-state index is 0.0931. The lowest BCUT2D eigenvalue weighted by molar-refractivity contribution is -0.137. The van der Waals surface area contributed by atoms with Crippen LogP contribution < -0.4 is 17.2 Å². The van der Waals surface area contributed by atoms with Gasteiger partial charge in [-0.3, -0.25) is 18.9 Å². The van der Waals surface area contributed by atoms with Gasteiger partial charge in [0.15, 0.2) is 0 Å². The van der Waals surface area contributed by atoms with Crippen molar-refractivity contribution in [2.75, 3.05) is 36.9 Å². The molecule has 7 aliphatic rings. The van der Waals surface area contributed by atoms with E-state index >= 15 is 0 Å². The van der Waals surface area contributed by atoms with Gasteiger partial charge in [0, 0.05) is 133 Å². The Bertz CT molecular complexity index is 3400. The monoisotopic (exact) mass is 1200 g/mol. The van der Waals surface area contributed by atoms with Crippen molar-refractivity contribution >= 4 is 17.5 Å². The number of pyridine rings is 3. The fraction of sp³-hybridized carbons (Fsp3) is 0.574. The summed E-state index contributed by atoms with van der Waals surface area (Å²) in [4.78, 5) is 21.0. The summed E-state index contributed by atoms with van der Waals surface area (Å²) in [5.74, 6) is 3.08. The highest BCUT2D eigenvalue weighted by atomic mass is 19.4.